The summed E-state index contributed by atoms with van der Waals surface area (Å²) in [5.74, 6) is -0.0562. The Morgan fingerprint density at radius 1 is 1.20 bits per heavy atom. The van der Waals surface area contributed by atoms with Gasteiger partial charge in [-0.1, -0.05) is 19.3 Å². The SMILES string of the molecule is COc1cc(C)c(C[C@H](NC(=O)C2CCCCC2)C(=O)O)c(OC)c1. The molecule has 0 bridgehead atoms. The lowest BCUT2D eigenvalue weighted by Gasteiger charge is -2.24. The summed E-state index contributed by atoms with van der Waals surface area (Å²) in [4.78, 5) is 24.1. The van der Waals surface area contributed by atoms with Gasteiger partial charge in [0.2, 0.25) is 5.91 Å². The molecule has 2 rings (SSSR count). The Kier molecular flexibility index (Phi) is 6.67. The normalized spacial score (nSPS) is 16.1. The number of rotatable bonds is 7. The molecule has 1 aliphatic rings. The average molecular weight is 349 g/mol. The second-order valence-corrected chi connectivity index (χ2v) is 6.56. The Balaban J connectivity index is 2.16. The maximum atomic E-state index is 12.4. The number of benzene rings is 1. The van der Waals surface area contributed by atoms with Crippen molar-refractivity contribution in [2.75, 3.05) is 14.2 Å². The molecule has 1 aromatic carbocycles. The fourth-order valence-electron chi connectivity index (χ4n) is 3.37. The molecule has 1 fully saturated rings. The Bertz CT molecular complexity index is 622. The molecular formula is C19H27NO5. The molecule has 1 amide bonds. The number of methoxy groups -OCH3 is 2. The van der Waals surface area contributed by atoms with Gasteiger partial charge in [-0.15, -0.1) is 0 Å². The fourth-order valence-corrected chi connectivity index (χ4v) is 3.37. The number of aryl methyl sites for hydroxylation is 1. The van der Waals surface area contributed by atoms with Gasteiger partial charge in [0.1, 0.15) is 17.5 Å². The van der Waals surface area contributed by atoms with Crippen LogP contribution in [-0.4, -0.2) is 37.2 Å². The Hall–Kier alpha value is -2.24. The number of carbonyl (C=O) groups is 2. The van der Waals surface area contributed by atoms with E-state index in [0.29, 0.717) is 11.5 Å². The van der Waals surface area contributed by atoms with Crippen LogP contribution >= 0.6 is 0 Å². The van der Waals surface area contributed by atoms with Crippen LogP contribution in [0.15, 0.2) is 12.1 Å². The molecular weight excluding hydrogens is 322 g/mol. The summed E-state index contributed by atoms with van der Waals surface area (Å²) in [6, 6.07) is 2.58. The lowest BCUT2D eigenvalue weighted by molar-refractivity contribution is -0.142. The standard InChI is InChI=1S/C19H27NO5/c1-12-9-14(24-2)10-17(25-3)15(12)11-16(19(22)23)20-18(21)13-7-5-4-6-8-13/h9-10,13,16H,4-8,11H2,1-3H3,(H,20,21)(H,22,23)/t16-/m0/s1. The third kappa shape index (κ3) is 4.87. The van der Waals surface area contributed by atoms with E-state index in [1.54, 1.807) is 13.2 Å². The number of hydrogen-bond acceptors (Lipinski definition) is 4. The summed E-state index contributed by atoms with van der Waals surface area (Å²) in [6.45, 7) is 1.88. The molecule has 0 heterocycles. The van der Waals surface area contributed by atoms with Crippen LogP contribution in [0.3, 0.4) is 0 Å². The van der Waals surface area contributed by atoms with Crippen LogP contribution in [0.5, 0.6) is 11.5 Å². The minimum Gasteiger partial charge on any atom is -0.497 e. The predicted molar refractivity (Wildman–Crippen MR) is 94.1 cm³/mol. The van der Waals surface area contributed by atoms with Gasteiger partial charge in [0, 0.05) is 18.4 Å². The van der Waals surface area contributed by atoms with E-state index in [2.05, 4.69) is 5.32 Å². The Labute approximate surface area is 148 Å². The van der Waals surface area contributed by atoms with E-state index >= 15 is 0 Å². The molecule has 1 saturated carbocycles. The molecule has 25 heavy (non-hydrogen) atoms. The van der Waals surface area contributed by atoms with Crippen molar-refractivity contribution in [2.45, 2.75) is 51.5 Å². The van der Waals surface area contributed by atoms with Crippen LogP contribution in [0.4, 0.5) is 0 Å². The second-order valence-electron chi connectivity index (χ2n) is 6.56. The largest absolute Gasteiger partial charge is 0.497 e. The Morgan fingerprint density at radius 2 is 1.88 bits per heavy atom. The molecule has 6 heteroatoms. The lowest BCUT2D eigenvalue weighted by Crippen LogP contribution is -2.45. The molecule has 1 aliphatic carbocycles. The van der Waals surface area contributed by atoms with Gasteiger partial charge in [0.05, 0.1) is 14.2 Å². The Morgan fingerprint density at radius 3 is 2.44 bits per heavy atom. The zero-order valence-electron chi connectivity index (χ0n) is 15.1. The van der Waals surface area contributed by atoms with Gasteiger partial charge in [0.25, 0.3) is 0 Å². The summed E-state index contributed by atoms with van der Waals surface area (Å²) in [6.07, 6.45) is 5.05. The number of hydrogen-bond donors (Lipinski definition) is 2. The molecule has 6 nitrogen and oxygen atoms in total. The topological polar surface area (TPSA) is 84.9 Å². The highest BCUT2D eigenvalue weighted by Crippen LogP contribution is 2.30. The third-order valence-corrected chi connectivity index (χ3v) is 4.86. The molecule has 0 saturated heterocycles. The number of carboxylic acids is 1. The van der Waals surface area contributed by atoms with E-state index in [1.807, 2.05) is 13.0 Å². The summed E-state index contributed by atoms with van der Waals surface area (Å²) in [7, 11) is 3.10. The van der Waals surface area contributed by atoms with Crippen LogP contribution in [0.2, 0.25) is 0 Å². The number of amides is 1. The predicted octanol–water partition coefficient (Wildman–Crippen LogP) is 2.70. The van der Waals surface area contributed by atoms with Gasteiger partial charge >= 0.3 is 5.97 Å². The van der Waals surface area contributed by atoms with E-state index in [4.69, 9.17) is 9.47 Å². The van der Waals surface area contributed by atoms with E-state index in [9.17, 15) is 14.7 Å². The van der Waals surface area contributed by atoms with Crippen molar-refractivity contribution in [3.05, 3.63) is 23.3 Å². The monoisotopic (exact) mass is 349 g/mol. The van der Waals surface area contributed by atoms with Crippen LogP contribution in [0.1, 0.15) is 43.2 Å². The van der Waals surface area contributed by atoms with Gasteiger partial charge in [-0.05, 0) is 37.0 Å². The number of nitrogens with one attached hydrogen (secondary N) is 1. The van der Waals surface area contributed by atoms with Gasteiger partial charge in [-0.25, -0.2) is 4.79 Å². The smallest absolute Gasteiger partial charge is 0.326 e. The number of carboxylic acid groups (broad SMARTS) is 1. The molecule has 2 N–H and O–H groups in total. The first kappa shape index (κ1) is 19.1. The molecule has 1 aromatic rings. The van der Waals surface area contributed by atoms with E-state index in [1.165, 1.54) is 7.11 Å². The maximum Gasteiger partial charge on any atom is 0.326 e. The van der Waals surface area contributed by atoms with Crippen molar-refractivity contribution >= 4 is 11.9 Å². The minimum atomic E-state index is -1.04. The minimum absolute atomic E-state index is 0.0746. The molecule has 0 aliphatic heterocycles. The molecule has 1 atom stereocenters. The summed E-state index contributed by atoms with van der Waals surface area (Å²) in [5, 5.41) is 12.3. The van der Waals surface area contributed by atoms with Gasteiger partial charge in [-0.2, -0.15) is 0 Å². The van der Waals surface area contributed by atoms with E-state index in [-0.39, 0.29) is 18.2 Å². The summed E-state index contributed by atoms with van der Waals surface area (Å²) in [5.41, 5.74) is 1.63. The molecule has 138 valence electrons. The average Bonchev–Trinajstić information content (AvgIpc) is 2.62. The van der Waals surface area contributed by atoms with Crippen LogP contribution < -0.4 is 14.8 Å². The second kappa shape index (κ2) is 8.74. The van der Waals surface area contributed by atoms with Crippen molar-refractivity contribution in [1.82, 2.24) is 5.32 Å². The first-order chi connectivity index (χ1) is 12.0. The molecule has 0 spiro atoms. The third-order valence-electron chi connectivity index (χ3n) is 4.86. The highest BCUT2D eigenvalue weighted by molar-refractivity contribution is 5.85. The summed E-state index contributed by atoms with van der Waals surface area (Å²) >= 11 is 0. The van der Waals surface area contributed by atoms with E-state index < -0.39 is 12.0 Å². The quantitative estimate of drug-likeness (QED) is 0.790. The van der Waals surface area contributed by atoms with Gasteiger partial charge in [-0.3, -0.25) is 4.79 Å². The van der Waals surface area contributed by atoms with Crippen molar-refractivity contribution < 1.29 is 24.2 Å². The molecule has 0 unspecified atom stereocenters. The first-order valence-electron chi connectivity index (χ1n) is 8.71. The maximum absolute atomic E-state index is 12.4. The van der Waals surface area contributed by atoms with Crippen LogP contribution in [0, 0.1) is 12.8 Å². The molecule has 0 radical (unpaired) electrons. The number of ether oxygens (including phenoxy) is 2. The van der Waals surface area contributed by atoms with Gasteiger partial charge in [0.15, 0.2) is 0 Å². The first-order valence-corrected chi connectivity index (χ1v) is 8.71. The van der Waals surface area contributed by atoms with Crippen molar-refractivity contribution in [3.8, 4) is 11.5 Å². The fraction of sp³-hybridized carbons (Fsp3) is 0.579. The number of carbonyl (C=O) groups excluding carboxylic acids is 1. The highest BCUT2D eigenvalue weighted by Gasteiger charge is 2.28. The zero-order chi connectivity index (χ0) is 18.4. The van der Waals surface area contributed by atoms with Crippen molar-refractivity contribution in [1.29, 1.82) is 0 Å². The lowest BCUT2D eigenvalue weighted by atomic mass is 9.88. The van der Waals surface area contributed by atoms with Crippen molar-refractivity contribution in [2.24, 2.45) is 5.92 Å². The van der Waals surface area contributed by atoms with Crippen molar-refractivity contribution in [3.63, 3.8) is 0 Å². The van der Waals surface area contributed by atoms with Crippen LogP contribution in [0.25, 0.3) is 0 Å². The highest BCUT2D eigenvalue weighted by atomic mass is 16.5. The zero-order valence-corrected chi connectivity index (χ0v) is 15.1. The van der Waals surface area contributed by atoms with E-state index in [0.717, 1.165) is 43.2 Å². The number of aliphatic carboxylic acids is 1. The molecule has 0 aromatic heterocycles. The summed E-state index contributed by atoms with van der Waals surface area (Å²) < 4.78 is 10.6. The van der Waals surface area contributed by atoms with Gasteiger partial charge < -0.3 is 19.9 Å². The van der Waals surface area contributed by atoms with Crippen LogP contribution in [-0.2, 0) is 16.0 Å².